The second-order valence-electron chi connectivity index (χ2n) is 13.8. The van der Waals surface area contributed by atoms with Crippen LogP contribution in [0.1, 0.15) is 74.6 Å². The van der Waals surface area contributed by atoms with E-state index in [1.165, 1.54) is 22.7 Å². The zero-order valence-electron chi connectivity index (χ0n) is 28.6. The van der Waals surface area contributed by atoms with Gasteiger partial charge in [-0.05, 0) is 92.8 Å². The Labute approximate surface area is 293 Å². The van der Waals surface area contributed by atoms with E-state index in [9.17, 15) is 14.7 Å². The van der Waals surface area contributed by atoms with E-state index in [0.29, 0.717) is 51.7 Å². The Morgan fingerprint density at radius 3 is 2.21 bits per heavy atom. The van der Waals surface area contributed by atoms with E-state index in [0.717, 1.165) is 37.8 Å². The third-order valence-electron chi connectivity index (χ3n) is 9.55. The minimum absolute atomic E-state index is 0.0864. The number of hydrogen-bond acceptors (Lipinski definition) is 9. The van der Waals surface area contributed by atoms with Gasteiger partial charge in [-0.1, -0.05) is 44.5 Å². The molecule has 47 heavy (non-hydrogen) atoms. The monoisotopic (exact) mass is 720 g/mol. The Morgan fingerprint density at radius 1 is 1.06 bits per heavy atom. The molecule has 1 aliphatic carbocycles. The molecule has 0 aliphatic heterocycles. The first-order valence-corrected chi connectivity index (χ1v) is 21.2. The largest absolute Gasteiger partial charge is 0.496 e. The number of nitrogens with one attached hydrogen (secondary N) is 1. The highest BCUT2D eigenvalue weighted by Crippen LogP contribution is 2.40. The van der Waals surface area contributed by atoms with Crippen LogP contribution in [0.25, 0.3) is 0 Å². The van der Waals surface area contributed by atoms with E-state index in [1.807, 2.05) is 29.0 Å². The lowest BCUT2D eigenvalue weighted by Crippen LogP contribution is -2.42. The third kappa shape index (κ3) is 9.26. The minimum Gasteiger partial charge on any atom is -0.496 e. The SMILES string of the molecule is COc1cc(NC(=O)CCCN(C)C2CCC(OC(=O)C(O)(c3cccs3)c3cccs3)CC2)c(Cl)cc1CO[Si](C)(C)C(C)(C)C. The molecule has 0 spiro atoms. The molecule has 258 valence electrons. The van der Waals surface area contributed by atoms with Crippen LogP contribution in [0.4, 0.5) is 5.69 Å². The molecule has 0 atom stereocenters. The van der Waals surface area contributed by atoms with Gasteiger partial charge in [-0.3, -0.25) is 4.79 Å². The van der Waals surface area contributed by atoms with Crippen molar-refractivity contribution in [1.82, 2.24) is 4.90 Å². The standard InChI is InChI=1S/C35H49ClN2O6S2Si/c1-34(2,3)47(6,7)43-23-24-21-27(36)28(22-29(24)42-5)37-32(39)13-8-18-38(4)25-14-16-26(17-15-25)44-33(40)35(41,30-11-9-19-45-30)31-12-10-20-46-31/h9-12,19-22,25-26,41H,8,13-18,23H2,1-7H3,(H,37,39). The maximum absolute atomic E-state index is 13.3. The molecule has 12 heteroatoms. The van der Waals surface area contributed by atoms with Crippen LogP contribution < -0.4 is 10.1 Å². The van der Waals surface area contributed by atoms with Crippen LogP contribution >= 0.6 is 34.3 Å². The van der Waals surface area contributed by atoms with Crippen LogP contribution in [0.5, 0.6) is 5.75 Å². The van der Waals surface area contributed by atoms with Gasteiger partial charge in [-0.25, -0.2) is 4.79 Å². The maximum atomic E-state index is 13.3. The number of methoxy groups -OCH3 is 1. The van der Waals surface area contributed by atoms with Gasteiger partial charge in [0.05, 0.1) is 34.2 Å². The molecular weight excluding hydrogens is 672 g/mol. The van der Waals surface area contributed by atoms with E-state index in [4.69, 9.17) is 25.5 Å². The topological polar surface area (TPSA) is 97.3 Å². The van der Waals surface area contributed by atoms with Crippen molar-refractivity contribution in [3.8, 4) is 5.75 Å². The number of anilines is 1. The van der Waals surface area contributed by atoms with Gasteiger partial charge in [0.1, 0.15) is 11.9 Å². The molecule has 1 amide bonds. The summed E-state index contributed by atoms with van der Waals surface area (Å²) in [5.41, 5.74) is -0.407. The third-order valence-corrected chi connectivity index (χ3v) is 16.3. The maximum Gasteiger partial charge on any atom is 0.349 e. The van der Waals surface area contributed by atoms with Crippen LogP contribution in [0.15, 0.2) is 47.2 Å². The van der Waals surface area contributed by atoms with Gasteiger partial charge in [0.2, 0.25) is 11.5 Å². The molecule has 1 aromatic carbocycles. The van der Waals surface area contributed by atoms with Crippen molar-refractivity contribution in [3.63, 3.8) is 0 Å². The molecule has 4 rings (SSSR count). The van der Waals surface area contributed by atoms with E-state index < -0.39 is 19.9 Å². The molecule has 3 aromatic rings. The second kappa shape index (κ2) is 16.0. The smallest absolute Gasteiger partial charge is 0.349 e. The molecule has 0 unspecified atom stereocenters. The van der Waals surface area contributed by atoms with Crippen molar-refractivity contribution in [2.24, 2.45) is 0 Å². The van der Waals surface area contributed by atoms with Gasteiger partial charge in [-0.15, -0.1) is 22.7 Å². The molecule has 2 heterocycles. The summed E-state index contributed by atoms with van der Waals surface area (Å²) in [4.78, 5) is 29.6. The van der Waals surface area contributed by atoms with Gasteiger partial charge < -0.3 is 29.2 Å². The summed E-state index contributed by atoms with van der Waals surface area (Å²) in [5.74, 6) is -0.0866. The molecule has 0 radical (unpaired) electrons. The Bertz CT molecular complexity index is 1430. The Kier molecular flexibility index (Phi) is 12.8. The highest BCUT2D eigenvalue weighted by molar-refractivity contribution is 7.12. The number of nitrogens with zero attached hydrogens (tertiary/aromatic N) is 1. The first kappa shape index (κ1) is 37.6. The summed E-state index contributed by atoms with van der Waals surface area (Å²) < 4.78 is 17.9. The number of halogens is 1. The quantitative estimate of drug-likeness (QED) is 0.127. The Morgan fingerprint density at radius 2 is 1.68 bits per heavy atom. The first-order chi connectivity index (χ1) is 22.2. The molecule has 8 nitrogen and oxygen atoms in total. The zero-order chi connectivity index (χ0) is 34.4. The number of carbonyl (C=O) groups is 2. The highest BCUT2D eigenvalue weighted by Gasteiger charge is 2.45. The molecule has 0 saturated heterocycles. The predicted octanol–water partition coefficient (Wildman–Crippen LogP) is 8.43. The van der Waals surface area contributed by atoms with Crippen molar-refractivity contribution in [2.75, 3.05) is 26.0 Å². The van der Waals surface area contributed by atoms with Crippen molar-refractivity contribution >= 4 is 60.2 Å². The fourth-order valence-electron chi connectivity index (χ4n) is 5.48. The molecule has 1 aliphatic rings. The second-order valence-corrected chi connectivity index (χ2v) is 20.9. The highest BCUT2D eigenvalue weighted by atomic mass is 35.5. The van der Waals surface area contributed by atoms with Crippen molar-refractivity contribution in [3.05, 3.63) is 67.5 Å². The number of thiophene rings is 2. The van der Waals surface area contributed by atoms with Crippen LogP contribution in [0.2, 0.25) is 23.2 Å². The number of amides is 1. The van der Waals surface area contributed by atoms with Crippen LogP contribution in [0.3, 0.4) is 0 Å². The Balaban J connectivity index is 1.22. The lowest BCUT2D eigenvalue weighted by Gasteiger charge is -2.36. The van der Waals surface area contributed by atoms with Gasteiger partial charge in [0.25, 0.3) is 0 Å². The van der Waals surface area contributed by atoms with E-state index in [-0.39, 0.29) is 17.0 Å². The van der Waals surface area contributed by atoms with Gasteiger partial charge in [0, 0.05) is 24.1 Å². The lowest BCUT2D eigenvalue weighted by molar-refractivity contribution is -0.169. The average molecular weight is 721 g/mol. The average Bonchev–Trinajstić information content (AvgIpc) is 3.76. The number of benzene rings is 1. The van der Waals surface area contributed by atoms with Crippen LogP contribution in [-0.4, -0.2) is 63.0 Å². The first-order valence-electron chi connectivity index (χ1n) is 16.2. The summed E-state index contributed by atoms with van der Waals surface area (Å²) in [5, 5.41) is 18.7. The minimum atomic E-state index is -1.95. The number of aliphatic hydroxyl groups is 1. The summed E-state index contributed by atoms with van der Waals surface area (Å²) in [7, 11) is 1.73. The Hall–Kier alpha value is -2.25. The van der Waals surface area contributed by atoms with E-state index >= 15 is 0 Å². The fourth-order valence-corrected chi connectivity index (χ4v) is 8.38. The number of hydrogen-bond donors (Lipinski definition) is 2. The van der Waals surface area contributed by atoms with Gasteiger partial charge in [-0.2, -0.15) is 0 Å². The summed E-state index contributed by atoms with van der Waals surface area (Å²) in [6, 6.07) is 11.1. The van der Waals surface area contributed by atoms with Crippen molar-refractivity contribution in [1.29, 1.82) is 0 Å². The normalized spacial score (nSPS) is 17.5. The molecule has 0 bridgehead atoms. The van der Waals surface area contributed by atoms with Crippen molar-refractivity contribution < 1.29 is 28.6 Å². The number of rotatable bonds is 14. The van der Waals surface area contributed by atoms with Crippen molar-refractivity contribution in [2.45, 2.75) is 102 Å². The number of esters is 1. The molecule has 1 saturated carbocycles. The molecule has 1 fully saturated rings. The van der Waals surface area contributed by atoms with Crippen LogP contribution in [0, 0.1) is 0 Å². The van der Waals surface area contributed by atoms with E-state index in [1.54, 1.807) is 25.3 Å². The van der Waals surface area contributed by atoms with Crippen LogP contribution in [-0.2, 0) is 31.0 Å². The molecular formula is C35H49ClN2O6S2Si. The summed E-state index contributed by atoms with van der Waals surface area (Å²) >= 11 is 9.27. The fraction of sp³-hybridized carbons (Fsp3) is 0.543. The number of carbonyl (C=O) groups excluding carboxylic acids is 2. The zero-order valence-corrected chi connectivity index (χ0v) is 31.9. The number of ether oxygens (including phenoxy) is 2. The van der Waals surface area contributed by atoms with Gasteiger partial charge >= 0.3 is 5.97 Å². The molecule has 2 N–H and O–H groups in total. The van der Waals surface area contributed by atoms with Gasteiger partial charge in [0.15, 0.2) is 8.32 Å². The summed E-state index contributed by atoms with van der Waals surface area (Å²) in [6.07, 6.45) is 4.01. The summed E-state index contributed by atoms with van der Waals surface area (Å²) in [6.45, 7) is 12.2. The molecule has 2 aromatic heterocycles. The van der Waals surface area contributed by atoms with E-state index in [2.05, 4.69) is 51.1 Å². The lowest BCUT2D eigenvalue weighted by atomic mass is 9.91. The predicted molar refractivity (Wildman–Crippen MR) is 194 cm³/mol.